The highest BCUT2D eigenvalue weighted by Crippen LogP contribution is 2.21. The van der Waals surface area contributed by atoms with E-state index in [-0.39, 0.29) is 6.04 Å². The van der Waals surface area contributed by atoms with Gasteiger partial charge in [0.15, 0.2) is 0 Å². The molecule has 14 heavy (non-hydrogen) atoms. The van der Waals surface area contributed by atoms with E-state index in [0.717, 1.165) is 0 Å². The van der Waals surface area contributed by atoms with E-state index < -0.39 is 0 Å². The third-order valence-corrected chi connectivity index (χ3v) is 3.11. The molecule has 2 aromatic heterocycles. The number of nitrogens with zero attached hydrogens (tertiary/aromatic N) is 3. The molecule has 0 aliphatic rings. The maximum Gasteiger partial charge on any atom is 0.137 e. The first-order chi connectivity index (χ1) is 6.75. The lowest BCUT2D eigenvalue weighted by Gasteiger charge is -2.08. The third-order valence-electron chi connectivity index (χ3n) is 1.98. The Morgan fingerprint density at radius 1 is 1.57 bits per heavy atom. The van der Waals surface area contributed by atoms with Gasteiger partial charge in [-0.25, -0.2) is 4.98 Å². The summed E-state index contributed by atoms with van der Waals surface area (Å²) in [6, 6.07) is 4.17. The summed E-state index contributed by atoms with van der Waals surface area (Å²) in [5.74, 6) is 0. The Bertz CT molecular complexity index is 393. The Morgan fingerprint density at radius 2 is 2.43 bits per heavy atom. The van der Waals surface area contributed by atoms with Crippen LogP contribution in [0.4, 0.5) is 0 Å². The first-order valence-corrected chi connectivity index (χ1v) is 5.21. The van der Waals surface area contributed by atoms with Crippen LogP contribution in [0.15, 0.2) is 24.8 Å². The van der Waals surface area contributed by atoms with Crippen molar-refractivity contribution in [2.24, 2.45) is 5.73 Å². The second-order valence-corrected chi connectivity index (χ2v) is 4.49. The predicted octanol–water partition coefficient (Wildman–Crippen LogP) is 1.35. The molecule has 0 saturated carbocycles. The van der Waals surface area contributed by atoms with E-state index in [0.29, 0.717) is 6.54 Å². The van der Waals surface area contributed by atoms with Gasteiger partial charge in [0.1, 0.15) is 12.7 Å². The summed E-state index contributed by atoms with van der Waals surface area (Å²) in [5.41, 5.74) is 6.02. The molecule has 0 amide bonds. The van der Waals surface area contributed by atoms with Crippen LogP contribution in [0.25, 0.3) is 0 Å². The second kappa shape index (κ2) is 3.89. The Labute approximate surface area is 86.4 Å². The zero-order valence-electron chi connectivity index (χ0n) is 7.92. The molecule has 4 nitrogen and oxygen atoms in total. The predicted molar refractivity (Wildman–Crippen MR) is 56.0 cm³/mol. The van der Waals surface area contributed by atoms with Crippen molar-refractivity contribution in [1.29, 1.82) is 0 Å². The molecule has 0 spiro atoms. The van der Waals surface area contributed by atoms with E-state index in [4.69, 9.17) is 5.73 Å². The second-order valence-electron chi connectivity index (χ2n) is 3.17. The number of hydrogen-bond acceptors (Lipinski definition) is 4. The van der Waals surface area contributed by atoms with E-state index in [1.807, 2.05) is 0 Å². The molecule has 0 saturated heterocycles. The average Bonchev–Trinajstić information content (AvgIpc) is 2.75. The zero-order valence-corrected chi connectivity index (χ0v) is 8.74. The van der Waals surface area contributed by atoms with Gasteiger partial charge in [-0.15, -0.1) is 11.3 Å². The smallest absolute Gasteiger partial charge is 0.137 e. The highest BCUT2D eigenvalue weighted by Gasteiger charge is 2.08. The molecule has 0 radical (unpaired) electrons. The van der Waals surface area contributed by atoms with E-state index in [1.54, 1.807) is 22.3 Å². The number of thiophene rings is 1. The van der Waals surface area contributed by atoms with Crippen molar-refractivity contribution in [3.8, 4) is 0 Å². The summed E-state index contributed by atoms with van der Waals surface area (Å²) < 4.78 is 1.75. The van der Waals surface area contributed by atoms with Crippen molar-refractivity contribution in [3.05, 3.63) is 34.5 Å². The quantitative estimate of drug-likeness (QED) is 0.828. The molecule has 2 rings (SSSR count). The molecule has 0 fully saturated rings. The highest BCUT2D eigenvalue weighted by molar-refractivity contribution is 7.12. The topological polar surface area (TPSA) is 56.7 Å². The molecule has 2 heterocycles. The van der Waals surface area contributed by atoms with Crippen LogP contribution >= 0.6 is 11.3 Å². The van der Waals surface area contributed by atoms with Gasteiger partial charge in [-0.05, 0) is 19.1 Å². The Morgan fingerprint density at radius 3 is 3.00 bits per heavy atom. The minimum absolute atomic E-state index is 0.00963. The maximum atomic E-state index is 6.02. The van der Waals surface area contributed by atoms with E-state index in [2.05, 4.69) is 29.1 Å². The number of hydrogen-bond donors (Lipinski definition) is 1. The fraction of sp³-hybridized carbons (Fsp3) is 0.333. The Kier molecular flexibility index (Phi) is 2.60. The molecule has 1 unspecified atom stereocenters. The number of rotatable bonds is 3. The lowest BCUT2D eigenvalue weighted by Crippen LogP contribution is -2.16. The van der Waals surface area contributed by atoms with Gasteiger partial charge < -0.3 is 5.73 Å². The SMILES string of the molecule is Cc1ccc(C(N)Cn2cncn2)s1. The van der Waals surface area contributed by atoms with E-state index in [1.165, 1.54) is 16.1 Å². The standard InChI is InChI=1S/C9H12N4S/c1-7-2-3-9(14-7)8(10)4-13-6-11-5-12-13/h2-3,5-6,8H,4,10H2,1H3. The lowest BCUT2D eigenvalue weighted by atomic mass is 10.2. The van der Waals surface area contributed by atoms with E-state index >= 15 is 0 Å². The van der Waals surface area contributed by atoms with Crippen molar-refractivity contribution in [2.75, 3.05) is 0 Å². The molecule has 1 atom stereocenters. The minimum atomic E-state index is 0.00963. The van der Waals surface area contributed by atoms with Crippen LogP contribution in [0.2, 0.25) is 0 Å². The van der Waals surface area contributed by atoms with Crippen LogP contribution < -0.4 is 5.73 Å². The van der Waals surface area contributed by atoms with Gasteiger partial charge in [-0.1, -0.05) is 0 Å². The monoisotopic (exact) mass is 208 g/mol. The largest absolute Gasteiger partial charge is 0.322 e. The van der Waals surface area contributed by atoms with Gasteiger partial charge in [0, 0.05) is 9.75 Å². The van der Waals surface area contributed by atoms with Crippen LogP contribution in [0.5, 0.6) is 0 Å². The molecular formula is C9H12N4S. The highest BCUT2D eigenvalue weighted by atomic mass is 32.1. The van der Waals surface area contributed by atoms with Gasteiger partial charge in [0.05, 0.1) is 12.6 Å². The summed E-state index contributed by atoms with van der Waals surface area (Å²) in [7, 11) is 0. The van der Waals surface area contributed by atoms with Gasteiger partial charge in [-0.2, -0.15) is 5.10 Å². The van der Waals surface area contributed by atoms with Crippen LogP contribution in [0.1, 0.15) is 15.8 Å². The molecule has 74 valence electrons. The molecule has 2 N–H and O–H groups in total. The van der Waals surface area contributed by atoms with Gasteiger partial charge in [0.25, 0.3) is 0 Å². The molecular weight excluding hydrogens is 196 g/mol. The van der Waals surface area contributed by atoms with Crippen LogP contribution in [0, 0.1) is 6.92 Å². The minimum Gasteiger partial charge on any atom is -0.322 e. The first kappa shape index (κ1) is 9.36. The molecule has 5 heteroatoms. The fourth-order valence-corrected chi connectivity index (χ4v) is 2.14. The summed E-state index contributed by atoms with van der Waals surface area (Å²) in [4.78, 5) is 6.35. The summed E-state index contributed by atoms with van der Waals surface area (Å²) in [6.45, 7) is 2.76. The fourth-order valence-electron chi connectivity index (χ4n) is 1.27. The van der Waals surface area contributed by atoms with Crippen molar-refractivity contribution in [1.82, 2.24) is 14.8 Å². The molecule has 0 bridgehead atoms. The number of aromatic nitrogens is 3. The van der Waals surface area contributed by atoms with Crippen molar-refractivity contribution in [3.63, 3.8) is 0 Å². The summed E-state index contributed by atoms with van der Waals surface area (Å²) in [5, 5.41) is 4.02. The zero-order chi connectivity index (χ0) is 9.97. The molecule has 2 aromatic rings. The lowest BCUT2D eigenvalue weighted by molar-refractivity contribution is 0.532. The summed E-state index contributed by atoms with van der Waals surface area (Å²) in [6.07, 6.45) is 3.20. The normalized spacial score (nSPS) is 13.0. The third kappa shape index (κ3) is 2.00. The number of nitrogens with two attached hydrogens (primary N) is 1. The van der Waals surface area contributed by atoms with Crippen LogP contribution in [-0.4, -0.2) is 14.8 Å². The van der Waals surface area contributed by atoms with E-state index in [9.17, 15) is 0 Å². The van der Waals surface area contributed by atoms with Gasteiger partial charge >= 0.3 is 0 Å². The molecule has 0 aromatic carbocycles. The Balaban J connectivity index is 2.06. The first-order valence-electron chi connectivity index (χ1n) is 4.40. The van der Waals surface area contributed by atoms with Crippen molar-refractivity contribution >= 4 is 11.3 Å². The van der Waals surface area contributed by atoms with Crippen molar-refractivity contribution < 1.29 is 0 Å². The molecule has 0 aliphatic carbocycles. The molecule has 0 aliphatic heterocycles. The van der Waals surface area contributed by atoms with Gasteiger partial charge in [0.2, 0.25) is 0 Å². The van der Waals surface area contributed by atoms with Crippen molar-refractivity contribution in [2.45, 2.75) is 19.5 Å². The Hall–Kier alpha value is -1.20. The number of aryl methyl sites for hydroxylation is 1. The van der Waals surface area contributed by atoms with Crippen LogP contribution in [0.3, 0.4) is 0 Å². The average molecular weight is 208 g/mol. The summed E-state index contributed by atoms with van der Waals surface area (Å²) >= 11 is 1.73. The van der Waals surface area contributed by atoms with Gasteiger partial charge in [-0.3, -0.25) is 4.68 Å². The maximum absolute atomic E-state index is 6.02. The van der Waals surface area contributed by atoms with Crippen LogP contribution in [-0.2, 0) is 6.54 Å².